The van der Waals surface area contributed by atoms with Gasteiger partial charge in [-0.15, -0.1) is 0 Å². The first-order valence-electron chi connectivity index (χ1n) is 4.42. The van der Waals surface area contributed by atoms with E-state index in [0.717, 1.165) is 10.2 Å². The van der Waals surface area contributed by atoms with Gasteiger partial charge in [-0.25, -0.2) is 0 Å². The summed E-state index contributed by atoms with van der Waals surface area (Å²) in [5.74, 6) is 0.0571. The zero-order chi connectivity index (χ0) is 10.4. The van der Waals surface area contributed by atoms with Gasteiger partial charge >= 0.3 is 0 Å². The second kappa shape index (κ2) is 5.88. The molecule has 1 rings (SSSR count). The highest BCUT2D eigenvalue weighted by atomic mass is 79.9. The van der Waals surface area contributed by atoms with Crippen molar-refractivity contribution in [2.24, 2.45) is 0 Å². The molecular formula is C10H12BrNO2. The molecule has 0 amide bonds. The van der Waals surface area contributed by atoms with Crippen LogP contribution in [0.4, 0.5) is 0 Å². The number of hydrogen-bond donors (Lipinski definition) is 0. The molecule has 0 fully saturated rings. The topological polar surface area (TPSA) is 39.2 Å². The Bertz CT molecular complexity index is 297. The van der Waals surface area contributed by atoms with E-state index in [0.29, 0.717) is 13.0 Å². The van der Waals surface area contributed by atoms with Crippen molar-refractivity contribution in [3.05, 3.63) is 28.5 Å². The zero-order valence-corrected chi connectivity index (χ0v) is 9.58. The smallest absolute Gasteiger partial charge is 0.164 e. The van der Waals surface area contributed by atoms with Crippen LogP contribution in [0.15, 0.2) is 22.8 Å². The Hall–Kier alpha value is -0.740. The van der Waals surface area contributed by atoms with E-state index in [9.17, 15) is 4.79 Å². The standard InChI is InChI=1S/C10H12BrNO2/c1-2-14-7-10(13)5-9-4-3-8(11)6-12-9/h3-4,6H,2,5,7H2,1H3. The van der Waals surface area contributed by atoms with Gasteiger partial charge in [0.15, 0.2) is 5.78 Å². The highest BCUT2D eigenvalue weighted by Crippen LogP contribution is 2.07. The molecular weight excluding hydrogens is 246 g/mol. The average Bonchev–Trinajstić information content (AvgIpc) is 2.18. The second-order valence-corrected chi connectivity index (χ2v) is 3.74. The normalized spacial score (nSPS) is 10.1. The summed E-state index contributed by atoms with van der Waals surface area (Å²) >= 11 is 3.28. The molecule has 0 N–H and O–H groups in total. The summed E-state index contributed by atoms with van der Waals surface area (Å²) in [7, 11) is 0. The van der Waals surface area contributed by atoms with Gasteiger partial charge in [0.2, 0.25) is 0 Å². The Labute approximate surface area is 91.6 Å². The van der Waals surface area contributed by atoms with Crippen LogP contribution in [0.25, 0.3) is 0 Å². The summed E-state index contributed by atoms with van der Waals surface area (Å²) in [6.45, 7) is 2.61. The van der Waals surface area contributed by atoms with Gasteiger partial charge in [-0.1, -0.05) is 0 Å². The van der Waals surface area contributed by atoms with Crippen molar-refractivity contribution in [2.45, 2.75) is 13.3 Å². The maximum absolute atomic E-state index is 11.3. The minimum atomic E-state index is 0.0571. The van der Waals surface area contributed by atoms with Gasteiger partial charge in [-0.2, -0.15) is 0 Å². The molecule has 1 aromatic rings. The molecule has 0 atom stereocenters. The van der Waals surface area contributed by atoms with Gasteiger partial charge in [0.1, 0.15) is 6.61 Å². The van der Waals surface area contributed by atoms with Crippen molar-refractivity contribution in [3.63, 3.8) is 0 Å². The molecule has 0 bridgehead atoms. The Morgan fingerprint density at radius 1 is 1.57 bits per heavy atom. The van der Waals surface area contributed by atoms with Crippen molar-refractivity contribution < 1.29 is 9.53 Å². The molecule has 1 heterocycles. The molecule has 0 saturated carbocycles. The number of nitrogens with zero attached hydrogens (tertiary/aromatic N) is 1. The summed E-state index contributed by atoms with van der Waals surface area (Å²) in [4.78, 5) is 15.4. The summed E-state index contributed by atoms with van der Waals surface area (Å²) in [5.41, 5.74) is 0.776. The largest absolute Gasteiger partial charge is 0.374 e. The Kier molecular flexibility index (Phi) is 4.76. The number of ketones is 1. The van der Waals surface area contributed by atoms with Crippen molar-refractivity contribution in [1.82, 2.24) is 4.98 Å². The van der Waals surface area contributed by atoms with E-state index in [1.165, 1.54) is 0 Å². The van der Waals surface area contributed by atoms with Crippen LogP contribution >= 0.6 is 15.9 Å². The van der Waals surface area contributed by atoms with Crippen LogP contribution in [0.3, 0.4) is 0 Å². The quantitative estimate of drug-likeness (QED) is 0.810. The highest BCUT2D eigenvalue weighted by Gasteiger charge is 2.04. The zero-order valence-electron chi connectivity index (χ0n) is 8.00. The Balaban J connectivity index is 2.44. The summed E-state index contributed by atoms with van der Waals surface area (Å²) in [5, 5.41) is 0. The number of Topliss-reactive ketones (excluding diaryl/α,β-unsaturated/α-hetero) is 1. The molecule has 0 aromatic carbocycles. The number of carbonyl (C=O) groups is 1. The lowest BCUT2D eigenvalue weighted by Crippen LogP contribution is -2.12. The van der Waals surface area contributed by atoms with E-state index in [4.69, 9.17) is 4.74 Å². The average molecular weight is 258 g/mol. The molecule has 3 nitrogen and oxygen atoms in total. The maximum atomic E-state index is 11.3. The molecule has 1 aromatic heterocycles. The van der Waals surface area contributed by atoms with Crippen molar-refractivity contribution in [3.8, 4) is 0 Å². The van der Waals surface area contributed by atoms with Crippen molar-refractivity contribution in [1.29, 1.82) is 0 Å². The molecule has 0 saturated heterocycles. The van der Waals surface area contributed by atoms with E-state index < -0.39 is 0 Å². The van der Waals surface area contributed by atoms with Gasteiger partial charge in [0.05, 0.1) is 6.42 Å². The van der Waals surface area contributed by atoms with Gasteiger partial charge in [0, 0.05) is 23.0 Å². The van der Waals surface area contributed by atoms with Crippen LogP contribution in [-0.2, 0) is 16.0 Å². The first-order valence-corrected chi connectivity index (χ1v) is 5.21. The summed E-state index contributed by atoms with van der Waals surface area (Å²) in [6.07, 6.45) is 2.02. The fourth-order valence-electron chi connectivity index (χ4n) is 0.980. The molecule has 0 spiro atoms. The molecule has 4 heteroatoms. The lowest BCUT2D eigenvalue weighted by Gasteiger charge is -2.00. The van der Waals surface area contributed by atoms with Crippen LogP contribution in [-0.4, -0.2) is 24.0 Å². The van der Waals surface area contributed by atoms with E-state index in [1.54, 1.807) is 6.20 Å². The number of halogens is 1. The lowest BCUT2D eigenvalue weighted by molar-refractivity contribution is -0.122. The third-order valence-electron chi connectivity index (χ3n) is 1.63. The van der Waals surface area contributed by atoms with Crippen LogP contribution in [0.5, 0.6) is 0 Å². The number of pyridine rings is 1. The van der Waals surface area contributed by atoms with E-state index in [1.807, 2.05) is 19.1 Å². The molecule has 0 unspecified atom stereocenters. The molecule has 14 heavy (non-hydrogen) atoms. The molecule has 0 aliphatic carbocycles. The predicted octanol–water partition coefficient (Wildman–Crippen LogP) is 1.99. The number of hydrogen-bond acceptors (Lipinski definition) is 3. The summed E-state index contributed by atoms with van der Waals surface area (Å²) < 4.78 is 5.92. The maximum Gasteiger partial charge on any atom is 0.164 e. The second-order valence-electron chi connectivity index (χ2n) is 2.82. The minimum Gasteiger partial charge on any atom is -0.374 e. The number of ether oxygens (including phenoxy) is 1. The number of rotatable bonds is 5. The first kappa shape index (κ1) is 11.3. The lowest BCUT2D eigenvalue weighted by atomic mass is 10.2. The third-order valence-corrected chi connectivity index (χ3v) is 2.10. The summed E-state index contributed by atoms with van der Waals surface area (Å²) in [6, 6.07) is 3.70. The van der Waals surface area contributed by atoms with Crippen LogP contribution in [0.2, 0.25) is 0 Å². The van der Waals surface area contributed by atoms with Gasteiger partial charge < -0.3 is 4.74 Å². The van der Waals surface area contributed by atoms with Crippen LogP contribution in [0, 0.1) is 0 Å². The SMILES string of the molecule is CCOCC(=O)Cc1ccc(Br)cn1. The fourth-order valence-corrected chi connectivity index (χ4v) is 1.21. The first-order chi connectivity index (χ1) is 6.72. The minimum absolute atomic E-state index is 0.0571. The molecule has 0 radical (unpaired) electrons. The highest BCUT2D eigenvalue weighted by molar-refractivity contribution is 9.10. The number of aromatic nitrogens is 1. The molecule has 76 valence electrons. The van der Waals surface area contributed by atoms with Crippen molar-refractivity contribution in [2.75, 3.05) is 13.2 Å². The third kappa shape index (κ3) is 3.98. The molecule has 0 aliphatic heterocycles. The Morgan fingerprint density at radius 2 is 2.36 bits per heavy atom. The fraction of sp³-hybridized carbons (Fsp3) is 0.400. The van der Waals surface area contributed by atoms with Gasteiger partial charge in [-0.3, -0.25) is 9.78 Å². The van der Waals surface area contributed by atoms with Gasteiger partial charge in [0.25, 0.3) is 0 Å². The number of carbonyl (C=O) groups excluding carboxylic acids is 1. The predicted molar refractivity (Wildman–Crippen MR) is 57.1 cm³/mol. The van der Waals surface area contributed by atoms with Gasteiger partial charge in [-0.05, 0) is 35.0 Å². The van der Waals surface area contributed by atoms with Crippen LogP contribution in [0.1, 0.15) is 12.6 Å². The van der Waals surface area contributed by atoms with Crippen LogP contribution < -0.4 is 0 Å². The van der Waals surface area contributed by atoms with E-state index in [2.05, 4.69) is 20.9 Å². The van der Waals surface area contributed by atoms with Crippen molar-refractivity contribution >= 4 is 21.7 Å². The van der Waals surface area contributed by atoms with E-state index in [-0.39, 0.29) is 12.4 Å². The Morgan fingerprint density at radius 3 is 2.93 bits per heavy atom. The monoisotopic (exact) mass is 257 g/mol. The molecule has 0 aliphatic rings. The van der Waals surface area contributed by atoms with E-state index >= 15 is 0 Å².